The first-order valence-corrected chi connectivity index (χ1v) is 12.4. The van der Waals surface area contributed by atoms with Crippen molar-refractivity contribution in [2.75, 3.05) is 23.7 Å². The monoisotopic (exact) mass is 538 g/mol. The largest absolute Gasteiger partial charge is 0.474 e. The van der Waals surface area contributed by atoms with E-state index in [0.29, 0.717) is 18.7 Å². The Morgan fingerprint density at radius 2 is 2.00 bits per heavy atom. The van der Waals surface area contributed by atoms with E-state index in [1.54, 1.807) is 18.2 Å². The molecule has 0 atom stereocenters. The number of alkyl halides is 3. The molecule has 4 N–H and O–H groups in total. The van der Waals surface area contributed by atoms with Crippen LogP contribution in [-0.2, 0) is 13.0 Å². The molecule has 5 rings (SSSR count). The van der Waals surface area contributed by atoms with Gasteiger partial charge >= 0.3 is 6.18 Å². The number of nitriles is 1. The number of nitrogens with one attached hydrogen (secondary N) is 4. The Morgan fingerprint density at radius 1 is 1.15 bits per heavy atom. The number of carbonyl (C=O) groups excluding carboxylic acids is 1. The topological polar surface area (TPSA) is 137 Å². The predicted molar refractivity (Wildman–Crippen MR) is 136 cm³/mol. The molecule has 39 heavy (non-hydrogen) atoms. The number of anilines is 4. The van der Waals surface area contributed by atoms with E-state index in [1.807, 2.05) is 23.5 Å². The number of pyridine rings is 1. The number of hydrogen-bond acceptors (Lipinski definition) is 9. The van der Waals surface area contributed by atoms with Gasteiger partial charge in [0.05, 0.1) is 12.0 Å². The van der Waals surface area contributed by atoms with Gasteiger partial charge < -0.3 is 26.0 Å². The first kappa shape index (κ1) is 26.2. The minimum Gasteiger partial charge on any atom is -0.474 e. The van der Waals surface area contributed by atoms with Crippen molar-refractivity contribution in [3.05, 3.63) is 59.3 Å². The average molecular weight is 539 g/mol. The van der Waals surface area contributed by atoms with Gasteiger partial charge in [-0.1, -0.05) is 12.1 Å². The number of benzene rings is 1. The first-order chi connectivity index (χ1) is 18.8. The molecule has 13 heteroatoms. The lowest BCUT2D eigenvalue weighted by Crippen LogP contribution is -2.34. The van der Waals surface area contributed by atoms with Crippen molar-refractivity contribution in [1.82, 2.24) is 25.6 Å². The summed E-state index contributed by atoms with van der Waals surface area (Å²) in [5.74, 6) is -0.352. The van der Waals surface area contributed by atoms with Crippen LogP contribution in [0.25, 0.3) is 0 Å². The van der Waals surface area contributed by atoms with Crippen LogP contribution >= 0.6 is 0 Å². The maximum Gasteiger partial charge on any atom is 0.405 e. The molecular formula is C26H25F3N8O2. The van der Waals surface area contributed by atoms with Crippen LogP contribution in [0, 0.1) is 17.2 Å². The molecule has 0 unspecified atom stereocenters. The minimum absolute atomic E-state index is 0.0344. The number of hydrogen-bond donors (Lipinski definition) is 4. The molecule has 3 heterocycles. The third-order valence-electron chi connectivity index (χ3n) is 6.37. The van der Waals surface area contributed by atoms with Gasteiger partial charge in [-0.15, -0.1) is 0 Å². The number of aromatic nitrogens is 3. The summed E-state index contributed by atoms with van der Waals surface area (Å²) in [5, 5.41) is 20.1. The fraction of sp³-hybridized carbons (Fsp3) is 0.346. The third-order valence-corrected chi connectivity index (χ3v) is 6.37. The van der Waals surface area contributed by atoms with Crippen molar-refractivity contribution in [2.45, 2.75) is 38.1 Å². The Kier molecular flexibility index (Phi) is 7.47. The molecule has 0 saturated heterocycles. The highest BCUT2D eigenvalue weighted by Gasteiger charge is 2.31. The highest BCUT2D eigenvalue weighted by atomic mass is 19.4. The van der Waals surface area contributed by atoms with Crippen LogP contribution in [0.15, 0.2) is 42.6 Å². The number of amides is 1. The van der Waals surface area contributed by atoms with Gasteiger partial charge in [-0.05, 0) is 42.3 Å². The lowest BCUT2D eigenvalue weighted by molar-refractivity contribution is -0.123. The van der Waals surface area contributed by atoms with Gasteiger partial charge in [-0.25, -0.2) is 4.98 Å². The van der Waals surface area contributed by atoms with E-state index in [9.17, 15) is 18.0 Å². The van der Waals surface area contributed by atoms with E-state index in [-0.39, 0.29) is 35.2 Å². The Bertz CT molecular complexity index is 1400. The standard InChI is InChI=1S/C26H25F3N8O2/c27-26(28,29)14-33-24(38)20-13-32-25(34-18-5-4-17-12-31-7-6-16(17)10-18)37-23(20)36-21-2-1-3-22(35-21)39-19-8-15(9-19)11-30/h1-5,10,13,15,19,31H,6-9,12,14H2,(H,33,38)(H2,32,34,35,36,37). The molecule has 2 aromatic heterocycles. The van der Waals surface area contributed by atoms with E-state index in [4.69, 9.17) is 10.00 Å². The van der Waals surface area contributed by atoms with Crippen LogP contribution in [0.1, 0.15) is 34.3 Å². The van der Waals surface area contributed by atoms with Crippen LogP contribution in [0.5, 0.6) is 5.88 Å². The molecule has 0 spiro atoms. The van der Waals surface area contributed by atoms with Crippen LogP contribution in [0.2, 0.25) is 0 Å². The van der Waals surface area contributed by atoms with Gasteiger partial charge in [-0.3, -0.25) is 4.79 Å². The molecule has 0 bridgehead atoms. The summed E-state index contributed by atoms with van der Waals surface area (Å²) in [7, 11) is 0. The second-order valence-electron chi connectivity index (χ2n) is 9.31. The van der Waals surface area contributed by atoms with E-state index < -0.39 is 18.6 Å². The lowest BCUT2D eigenvalue weighted by Gasteiger charge is -2.30. The van der Waals surface area contributed by atoms with Crippen molar-refractivity contribution in [1.29, 1.82) is 5.26 Å². The molecule has 202 valence electrons. The van der Waals surface area contributed by atoms with Crippen LogP contribution in [-0.4, -0.2) is 46.2 Å². The van der Waals surface area contributed by atoms with Gasteiger partial charge in [0, 0.05) is 37.3 Å². The molecule has 3 aromatic rings. The molecule has 1 aliphatic carbocycles. The van der Waals surface area contributed by atoms with E-state index in [2.05, 4.69) is 37.0 Å². The average Bonchev–Trinajstić information content (AvgIpc) is 2.89. The summed E-state index contributed by atoms with van der Waals surface area (Å²) in [6.45, 7) is 0.164. The van der Waals surface area contributed by atoms with E-state index >= 15 is 0 Å². The second-order valence-corrected chi connectivity index (χ2v) is 9.31. The maximum absolute atomic E-state index is 12.7. The van der Waals surface area contributed by atoms with Crippen LogP contribution in [0.4, 0.5) is 36.4 Å². The Labute approximate surface area is 222 Å². The molecular weight excluding hydrogens is 513 g/mol. The van der Waals surface area contributed by atoms with Gasteiger partial charge in [0.15, 0.2) is 0 Å². The number of carbonyl (C=O) groups is 1. The van der Waals surface area contributed by atoms with Gasteiger partial charge in [0.25, 0.3) is 5.91 Å². The van der Waals surface area contributed by atoms with Crippen molar-refractivity contribution >= 4 is 29.2 Å². The fourth-order valence-corrected chi connectivity index (χ4v) is 4.27. The zero-order chi connectivity index (χ0) is 27.4. The molecule has 0 radical (unpaired) electrons. The Morgan fingerprint density at radius 3 is 2.79 bits per heavy atom. The zero-order valence-electron chi connectivity index (χ0n) is 20.7. The molecule has 1 aliphatic heterocycles. The van der Waals surface area contributed by atoms with Crippen molar-refractivity contribution in [2.24, 2.45) is 5.92 Å². The molecule has 1 saturated carbocycles. The Balaban J connectivity index is 1.37. The summed E-state index contributed by atoms with van der Waals surface area (Å²) in [5.41, 5.74) is 2.93. The summed E-state index contributed by atoms with van der Waals surface area (Å²) in [6.07, 6.45) is -1.45. The van der Waals surface area contributed by atoms with Crippen LogP contribution < -0.4 is 26.0 Å². The number of halogens is 3. The minimum atomic E-state index is -4.58. The highest BCUT2D eigenvalue weighted by Crippen LogP contribution is 2.31. The van der Waals surface area contributed by atoms with Crippen molar-refractivity contribution in [3.63, 3.8) is 0 Å². The highest BCUT2D eigenvalue weighted by molar-refractivity contribution is 5.99. The molecule has 1 fully saturated rings. The normalized spacial score (nSPS) is 18.2. The summed E-state index contributed by atoms with van der Waals surface area (Å²) in [6, 6.07) is 13.0. The van der Waals surface area contributed by atoms with E-state index in [0.717, 1.165) is 31.4 Å². The van der Waals surface area contributed by atoms with Crippen molar-refractivity contribution < 1.29 is 22.7 Å². The third kappa shape index (κ3) is 6.71. The molecule has 1 aromatic carbocycles. The molecule has 10 nitrogen and oxygen atoms in total. The fourth-order valence-electron chi connectivity index (χ4n) is 4.27. The van der Waals surface area contributed by atoms with Gasteiger partial charge in [0.2, 0.25) is 11.8 Å². The second kappa shape index (κ2) is 11.1. The number of nitrogens with zero attached hydrogens (tertiary/aromatic N) is 4. The van der Waals surface area contributed by atoms with E-state index in [1.165, 1.54) is 11.1 Å². The number of rotatable bonds is 8. The summed E-state index contributed by atoms with van der Waals surface area (Å²) < 4.78 is 44.0. The number of ether oxygens (including phenoxy) is 1. The maximum atomic E-state index is 12.7. The molecule has 2 aliphatic rings. The lowest BCUT2D eigenvalue weighted by atomic mass is 9.83. The predicted octanol–water partition coefficient (Wildman–Crippen LogP) is 3.98. The SMILES string of the molecule is N#CC1CC(Oc2cccc(Nc3nc(Nc4ccc5c(c4)CCNC5)ncc3C(=O)NCC(F)(F)F)n2)C1. The van der Waals surface area contributed by atoms with Crippen LogP contribution in [0.3, 0.4) is 0 Å². The Hall–Kier alpha value is -4.44. The smallest absolute Gasteiger partial charge is 0.405 e. The first-order valence-electron chi connectivity index (χ1n) is 12.4. The quantitative estimate of drug-likeness (QED) is 0.336. The zero-order valence-corrected chi connectivity index (χ0v) is 20.7. The van der Waals surface area contributed by atoms with Gasteiger partial charge in [0.1, 0.15) is 29.8 Å². The summed E-state index contributed by atoms with van der Waals surface area (Å²) >= 11 is 0. The summed E-state index contributed by atoms with van der Waals surface area (Å²) in [4.78, 5) is 25.5. The number of fused-ring (bicyclic) bond motifs is 1. The molecule has 1 amide bonds. The van der Waals surface area contributed by atoms with Gasteiger partial charge in [-0.2, -0.15) is 28.4 Å². The van der Waals surface area contributed by atoms with Crippen molar-refractivity contribution in [3.8, 4) is 11.9 Å².